The molecule has 2 nitrogen and oxygen atoms in total. The van der Waals surface area contributed by atoms with Crippen molar-refractivity contribution in [3.05, 3.63) is 81.1 Å². The van der Waals surface area contributed by atoms with Crippen LogP contribution in [0.25, 0.3) is 0 Å². The summed E-state index contributed by atoms with van der Waals surface area (Å²) < 4.78 is 0. The van der Waals surface area contributed by atoms with Gasteiger partial charge in [0.15, 0.2) is 0 Å². The summed E-state index contributed by atoms with van der Waals surface area (Å²) in [6.07, 6.45) is 1.81. The summed E-state index contributed by atoms with van der Waals surface area (Å²) in [5.41, 5.74) is 8.13. The zero-order valence-corrected chi connectivity index (χ0v) is 15.7. The van der Waals surface area contributed by atoms with Gasteiger partial charge < -0.3 is 0 Å². The molecule has 0 aliphatic rings. The lowest BCUT2D eigenvalue weighted by Gasteiger charge is -1.93. The average Bonchev–Trinajstić information content (AvgIpc) is 2.90. The first-order valence-electron chi connectivity index (χ1n) is 7.69. The SMILES string of the molecule is Cc1ccccc1C.Cc1cccnc1C.Cc1ncsc1C. The minimum atomic E-state index is 1.12. The fourth-order valence-corrected chi connectivity index (χ4v) is 2.18. The van der Waals surface area contributed by atoms with Gasteiger partial charge in [-0.2, -0.15) is 0 Å². The monoisotopic (exact) mass is 326 g/mol. The van der Waals surface area contributed by atoms with Crippen molar-refractivity contribution < 1.29 is 0 Å². The third-order valence-corrected chi connectivity index (χ3v) is 4.54. The summed E-state index contributed by atoms with van der Waals surface area (Å²) in [5.74, 6) is 0. The van der Waals surface area contributed by atoms with Crippen molar-refractivity contribution in [2.45, 2.75) is 41.5 Å². The molecule has 0 amide bonds. The van der Waals surface area contributed by atoms with E-state index in [4.69, 9.17) is 0 Å². The van der Waals surface area contributed by atoms with Gasteiger partial charge in [0.25, 0.3) is 0 Å². The standard InChI is InChI=1S/C8H10.C7H9N.C5H7NS/c1-7-5-3-4-6-8(7)2;1-6-4-3-5-8-7(6)2;1-4-5(2)7-3-6-4/h3-6H,1-2H3;3-5H,1-2H3;3H,1-2H3. The van der Waals surface area contributed by atoms with Crippen LogP contribution < -0.4 is 0 Å². The molecule has 3 heteroatoms. The van der Waals surface area contributed by atoms with Crippen LogP contribution in [-0.4, -0.2) is 9.97 Å². The van der Waals surface area contributed by atoms with Crippen molar-refractivity contribution >= 4 is 11.3 Å². The quantitative estimate of drug-likeness (QED) is 0.525. The number of aromatic nitrogens is 2. The molecule has 0 unspecified atom stereocenters. The van der Waals surface area contributed by atoms with Gasteiger partial charge in [-0.05, 0) is 64.3 Å². The van der Waals surface area contributed by atoms with Gasteiger partial charge in [-0.1, -0.05) is 30.3 Å². The van der Waals surface area contributed by atoms with Gasteiger partial charge in [0.1, 0.15) is 0 Å². The van der Waals surface area contributed by atoms with Crippen LogP contribution in [-0.2, 0) is 0 Å². The Labute approximate surface area is 144 Å². The van der Waals surface area contributed by atoms with Crippen LogP contribution in [0.2, 0.25) is 0 Å². The molecule has 0 N–H and O–H groups in total. The van der Waals surface area contributed by atoms with Gasteiger partial charge in [0.2, 0.25) is 0 Å². The molecule has 0 radical (unpaired) electrons. The number of nitrogens with zero attached hydrogens (tertiary/aromatic N) is 2. The molecule has 0 saturated heterocycles. The van der Waals surface area contributed by atoms with Crippen LogP contribution in [0.4, 0.5) is 0 Å². The molecule has 0 aliphatic heterocycles. The Bertz CT molecular complexity index is 615. The lowest BCUT2D eigenvalue weighted by molar-refractivity contribution is 1.15. The van der Waals surface area contributed by atoms with E-state index >= 15 is 0 Å². The first kappa shape index (κ1) is 19.0. The Morgan fingerprint density at radius 2 is 1.22 bits per heavy atom. The lowest BCUT2D eigenvalue weighted by Crippen LogP contribution is -1.81. The summed E-state index contributed by atoms with van der Waals surface area (Å²) in [5, 5.41) is 0. The van der Waals surface area contributed by atoms with Crippen LogP contribution in [0.15, 0.2) is 48.1 Å². The fourth-order valence-electron chi connectivity index (χ4n) is 1.59. The number of pyridine rings is 1. The van der Waals surface area contributed by atoms with E-state index in [1.807, 2.05) is 31.6 Å². The summed E-state index contributed by atoms with van der Waals surface area (Å²) in [6.45, 7) is 12.4. The minimum absolute atomic E-state index is 1.12. The van der Waals surface area contributed by atoms with Gasteiger partial charge in [0.05, 0.1) is 11.2 Å². The van der Waals surface area contributed by atoms with E-state index in [0.29, 0.717) is 0 Å². The number of thiazole rings is 1. The van der Waals surface area contributed by atoms with Gasteiger partial charge in [-0.25, -0.2) is 4.98 Å². The Morgan fingerprint density at radius 1 is 0.652 bits per heavy atom. The smallest absolute Gasteiger partial charge is 0.0797 e. The Kier molecular flexibility index (Phi) is 8.20. The Balaban J connectivity index is 0.000000173. The minimum Gasteiger partial charge on any atom is -0.261 e. The Morgan fingerprint density at radius 3 is 1.48 bits per heavy atom. The molecular weight excluding hydrogens is 300 g/mol. The summed E-state index contributed by atoms with van der Waals surface area (Å²) in [7, 11) is 0. The van der Waals surface area contributed by atoms with Gasteiger partial charge in [0, 0.05) is 16.8 Å². The molecule has 2 heterocycles. The molecule has 0 atom stereocenters. The maximum atomic E-state index is 4.08. The third kappa shape index (κ3) is 7.20. The fraction of sp³-hybridized carbons (Fsp3) is 0.300. The second-order valence-corrected chi connectivity index (χ2v) is 6.54. The molecule has 0 saturated carbocycles. The molecule has 0 bridgehead atoms. The molecule has 0 spiro atoms. The van der Waals surface area contributed by atoms with Gasteiger partial charge in [-0.15, -0.1) is 11.3 Å². The molecule has 2 aromatic heterocycles. The largest absolute Gasteiger partial charge is 0.261 e. The zero-order valence-electron chi connectivity index (χ0n) is 14.9. The number of hydrogen-bond acceptors (Lipinski definition) is 3. The first-order chi connectivity index (χ1) is 10.9. The molecular formula is C20H26N2S. The summed E-state index contributed by atoms with van der Waals surface area (Å²) in [6, 6.07) is 12.4. The van der Waals surface area contributed by atoms with E-state index in [0.717, 1.165) is 11.4 Å². The van der Waals surface area contributed by atoms with Crippen LogP contribution >= 0.6 is 11.3 Å². The second kappa shape index (κ2) is 9.90. The van der Waals surface area contributed by atoms with Crippen molar-refractivity contribution in [1.29, 1.82) is 0 Å². The van der Waals surface area contributed by atoms with E-state index in [1.54, 1.807) is 11.3 Å². The summed E-state index contributed by atoms with van der Waals surface area (Å²) in [4.78, 5) is 9.43. The van der Waals surface area contributed by atoms with Crippen LogP contribution in [0.3, 0.4) is 0 Å². The van der Waals surface area contributed by atoms with Crippen LogP contribution in [0.5, 0.6) is 0 Å². The van der Waals surface area contributed by atoms with Crippen molar-refractivity contribution in [1.82, 2.24) is 9.97 Å². The maximum Gasteiger partial charge on any atom is 0.0797 e. The highest BCUT2D eigenvalue weighted by molar-refractivity contribution is 7.09. The zero-order chi connectivity index (χ0) is 17.2. The molecule has 122 valence electrons. The van der Waals surface area contributed by atoms with E-state index in [2.05, 4.69) is 68.0 Å². The topological polar surface area (TPSA) is 25.8 Å². The predicted octanol–water partition coefficient (Wildman–Crippen LogP) is 5.76. The predicted molar refractivity (Wildman–Crippen MR) is 101 cm³/mol. The second-order valence-electron chi connectivity index (χ2n) is 5.48. The van der Waals surface area contributed by atoms with E-state index in [1.165, 1.54) is 21.6 Å². The molecule has 23 heavy (non-hydrogen) atoms. The Hall–Kier alpha value is -2.00. The maximum absolute atomic E-state index is 4.08. The highest BCUT2D eigenvalue weighted by Crippen LogP contribution is 2.08. The van der Waals surface area contributed by atoms with Crippen molar-refractivity contribution in [3.8, 4) is 0 Å². The molecule has 3 aromatic rings. The van der Waals surface area contributed by atoms with E-state index in [9.17, 15) is 0 Å². The number of hydrogen-bond donors (Lipinski definition) is 0. The van der Waals surface area contributed by atoms with E-state index in [-0.39, 0.29) is 0 Å². The van der Waals surface area contributed by atoms with Crippen molar-refractivity contribution in [3.63, 3.8) is 0 Å². The van der Waals surface area contributed by atoms with Crippen LogP contribution in [0, 0.1) is 41.5 Å². The van der Waals surface area contributed by atoms with Crippen molar-refractivity contribution in [2.75, 3.05) is 0 Å². The highest BCUT2D eigenvalue weighted by atomic mass is 32.1. The lowest BCUT2D eigenvalue weighted by atomic mass is 10.1. The number of benzene rings is 1. The summed E-state index contributed by atoms with van der Waals surface area (Å²) >= 11 is 1.69. The van der Waals surface area contributed by atoms with Crippen molar-refractivity contribution in [2.24, 2.45) is 0 Å². The van der Waals surface area contributed by atoms with Crippen LogP contribution in [0.1, 0.15) is 33.0 Å². The average molecular weight is 327 g/mol. The molecule has 3 rings (SSSR count). The van der Waals surface area contributed by atoms with Gasteiger partial charge >= 0.3 is 0 Å². The molecule has 0 fully saturated rings. The number of aryl methyl sites for hydroxylation is 6. The van der Waals surface area contributed by atoms with E-state index < -0.39 is 0 Å². The molecule has 1 aromatic carbocycles. The molecule has 0 aliphatic carbocycles. The first-order valence-corrected chi connectivity index (χ1v) is 8.57. The van der Waals surface area contributed by atoms with Gasteiger partial charge in [-0.3, -0.25) is 4.98 Å². The third-order valence-electron chi connectivity index (χ3n) is 3.68. The normalized spacial score (nSPS) is 9.30. The highest BCUT2D eigenvalue weighted by Gasteiger charge is 1.89. The number of rotatable bonds is 0.